The molecule has 2 rings (SSSR count). The van der Waals surface area contributed by atoms with E-state index in [-0.39, 0.29) is 17.8 Å². The van der Waals surface area contributed by atoms with Gasteiger partial charge in [-0.15, -0.1) is 11.3 Å². The normalized spacial score (nSPS) is 10.4. The van der Waals surface area contributed by atoms with Crippen molar-refractivity contribution in [3.05, 3.63) is 39.1 Å². The van der Waals surface area contributed by atoms with Gasteiger partial charge in [-0.1, -0.05) is 11.6 Å². The van der Waals surface area contributed by atoms with E-state index in [9.17, 15) is 14.3 Å². The molecule has 0 radical (unpaired) electrons. The van der Waals surface area contributed by atoms with E-state index in [1.807, 2.05) is 0 Å². The fourth-order valence-corrected chi connectivity index (χ4v) is 2.35. The molecule has 1 aromatic heterocycles. The lowest BCUT2D eigenvalue weighted by atomic mass is 10.1. The van der Waals surface area contributed by atoms with Crippen molar-refractivity contribution >= 4 is 34.6 Å². The van der Waals surface area contributed by atoms with Gasteiger partial charge in [0.05, 0.1) is 17.8 Å². The lowest BCUT2D eigenvalue weighted by molar-refractivity contribution is 0.0697. The standard InChI is InChI=1S/C11H8ClFN2O3S/c12-11-15-4-5(19-11)3-14-8-2-7(13)9(16)1-6(8)10(17)18/h1-2,4,14,16H,3H2,(H,17,18). The van der Waals surface area contributed by atoms with E-state index in [1.165, 1.54) is 17.5 Å². The summed E-state index contributed by atoms with van der Waals surface area (Å²) >= 11 is 6.89. The van der Waals surface area contributed by atoms with Crippen LogP contribution in [0.2, 0.25) is 4.47 Å². The fourth-order valence-electron chi connectivity index (χ4n) is 1.43. The van der Waals surface area contributed by atoms with Crippen molar-refractivity contribution in [1.82, 2.24) is 4.98 Å². The summed E-state index contributed by atoms with van der Waals surface area (Å²) in [6.07, 6.45) is 1.54. The maximum atomic E-state index is 13.2. The van der Waals surface area contributed by atoms with Crippen LogP contribution in [0.5, 0.6) is 5.75 Å². The number of halogens is 2. The van der Waals surface area contributed by atoms with E-state index in [1.54, 1.807) is 0 Å². The van der Waals surface area contributed by atoms with E-state index in [0.717, 1.165) is 17.0 Å². The number of phenols is 1. The van der Waals surface area contributed by atoms with Crippen LogP contribution in [0.15, 0.2) is 18.3 Å². The van der Waals surface area contributed by atoms with E-state index >= 15 is 0 Å². The molecule has 0 fully saturated rings. The molecule has 0 bridgehead atoms. The second-order valence-electron chi connectivity index (χ2n) is 3.59. The molecule has 2 aromatic rings. The monoisotopic (exact) mass is 302 g/mol. The number of hydrogen-bond acceptors (Lipinski definition) is 5. The van der Waals surface area contributed by atoms with Gasteiger partial charge in [-0.3, -0.25) is 0 Å². The molecule has 3 N–H and O–H groups in total. The van der Waals surface area contributed by atoms with Crippen LogP contribution >= 0.6 is 22.9 Å². The van der Waals surface area contributed by atoms with Crippen LogP contribution in [-0.2, 0) is 6.54 Å². The SMILES string of the molecule is O=C(O)c1cc(O)c(F)cc1NCc1cnc(Cl)s1. The highest BCUT2D eigenvalue weighted by Gasteiger charge is 2.15. The second kappa shape index (κ2) is 5.41. The maximum absolute atomic E-state index is 13.2. The molecule has 0 saturated heterocycles. The molecule has 0 aliphatic carbocycles. The molecular weight excluding hydrogens is 295 g/mol. The van der Waals surface area contributed by atoms with Gasteiger partial charge in [0.15, 0.2) is 16.0 Å². The molecule has 8 heteroatoms. The van der Waals surface area contributed by atoms with Crippen LogP contribution in [0.25, 0.3) is 0 Å². The zero-order valence-electron chi connectivity index (χ0n) is 9.35. The fraction of sp³-hybridized carbons (Fsp3) is 0.0909. The summed E-state index contributed by atoms with van der Waals surface area (Å²) in [5, 5.41) is 20.9. The number of nitrogens with one attached hydrogen (secondary N) is 1. The molecule has 19 heavy (non-hydrogen) atoms. The van der Waals surface area contributed by atoms with Gasteiger partial charge in [-0.05, 0) is 6.07 Å². The molecule has 0 saturated carbocycles. The van der Waals surface area contributed by atoms with Gasteiger partial charge in [0.25, 0.3) is 0 Å². The first-order valence-electron chi connectivity index (χ1n) is 5.07. The van der Waals surface area contributed by atoms with Crippen LogP contribution < -0.4 is 5.32 Å². The average molecular weight is 303 g/mol. The molecule has 0 spiro atoms. The zero-order valence-corrected chi connectivity index (χ0v) is 10.9. The number of carboxylic acids is 1. The second-order valence-corrected chi connectivity index (χ2v) is 5.28. The van der Waals surface area contributed by atoms with Gasteiger partial charge in [-0.2, -0.15) is 0 Å². The van der Waals surface area contributed by atoms with Crippen molar-refractivity contribution in [2.45, 2.75) is 6.54 Å². The third kappa shape index (κ3) is 3.12. The van der Waals surface area contributed by atoms with E-state index < -0.39 is 17.5 Å². The van der Waals surface area contributed by atoms with Crippen molar-refractivity contribution in [3.8, 4) is 5.75 Å². The van der Waals surface area contributed by atoms with E-state index in [2.05, 4.69) is 10.3 Å². The number of phenolic OH excluding ortho intramolecular Hbond substituents is 1. The van der Waals surface area contributed by atoms with Crippen molar-refractivity contribution in [1.29, 1.82) is 0 Å². The summed E-state index contributed by atoms with van der Waals surface area (Å²) in [6.45, 7) is 0.259. The molecule has 100 valence electrons. The highest BCUT2D eigenvalue weighted by Crippen LogP contribution is 2.26. The Labute approximate surface area is 116 Å². The minimum absolute atomic E-state index is 0.0762. The summed E-state index contributed by atoms with van der Waals surface area (Å²) in [5.41, 5.74) is -0.137. The molecule has 0 atom stereocenters. The van der Waals surface area contributed by atoms with Gasteiger partial charge in [0.1, 0.15) is 0 Å². The number of hydrogen-bond donors (Lipinski definition) is 3. The average Bonchev–Trinajstić information content (AvgIpc) is 2.76. The summed E-state index contributed by atoms with van der Waals surface area (Å²) in [4.78, 5) is 15.6. The summed E-state index contributed by atoms with van der Waals surface area (Å²) in [6, 6.07) is 1.79. The minimum Gasteiger partial charge on any atom is -0.505 e. The Kier molecular flexibility index (Phi) is 3.87. The number of carboxylic acid groups (broad SMARTS) is 1. The molecule has 0 aliphatic rings. The van der Waals surface area contributed by atoms with Gasteiger partial charge < -0.3 is 15.5 Å². The van der Waals surface area contributed by atoms with Crippen LogP contribution in [0.4, 0.5) is 10.1 Å². The predicted molar refractivity (Wildman–Crippen MR) is 69.5 cm³/mol. The number of carbonyl (C=O) groups is 1. The molecule has 5 nitrogen and oxygen atoms in total. The van der Waals surface area contributed by atoms with E-state index in [4.69, 9.17) is 16.7 Å². The van der Waals surface area contributed by atoms with Crippen LogP contribution in [-0.4, -0.2) is 21.2 Å². The van der Waals surface area contributed by atoms with Crippen LogP contribution in [0.1, 0.15) is 15.2 Å². The number of benzene rings is 1. The van der Waals surface area contributed by atoms with Crippen molar-refractivity contribution in [2.75, 3.05) is 5.32 Å². The van der Waals surface area contributed by atoms with Crippen molar-refractivity contribution < 1.29 is 19.4 Å². The predicted octanol–water partition coefficient (Wildman–Crippen LogP) is 2.95. The number of aromatic hydroxyl groups is 1. The molecule has 1 aromatic carbocycles. The molecular formula is C11H8ClFN2O3S. The first-order valence-corrected chi connectivity index (χ1v) is 6.26. The number of aromatic carboxylic acids is 1. The lowest BCUT2D eigenvalue weighted by Crippen LogP contribution is -2.06. The minimum atomic E-state index is -1.26. The Morgan fingerprint density at radius 3 is 2.84 bits per heavy atom. The quantitative estimate of drug-likeness (QED) is 0.756. The molecule has 0 amide bonds. The van der Waals surface area contributed by atoms with Crippen molar-refractivity contribution in [3.63, 3.8) is 0 Å². The topological polar surface area (TPSA) is 82.5 Å². The van der Waals surface area contributed by atoms with Gasteiger partial charge in [0.2, 0.25) is 0 Å². The summed E-state index contributed by atoms with van der Waals surface area (Å²) < 4.78 is 13.6. The number of aromatic nitrogens is 1. The number of thiazole rings is 1. The third-order valence-electron chi connectivity index (χ3n) is 2.30. The molecule has 0 unspecified atom stereocenters. The zero-order chi connectivity index (χ0) is 14.0. The Morgan fingerprint density at radius 2 is 2.26 bits per heavy atom. The smallest absolute Gasteiger partial charge is 0.337 e. The Hall–Kier alpha value is -1.86. The molecule has 1 heterocycles. The third-order valence-corrected chi connectivity index (χ3v) is 3.41. The van der Waals surface area contributed by atoms with Gasteiger partial charge in [-0.25, -0.2) is 14.2 Å². The Balaban J connectivity index is 2.23. The maximum Gasteiger partial charge on any atom is 0.337 e. The number of nitrogens with zero attached hydrogens (tertiary/aromatic N) is 1. The largest absolute Gasteiger partial charge is 0.505 e. The van der Waals surface area contributed by atoms with Crippen LogP contribution in [0.3, 0.4) is 0 Å². The Bertz CT molecular complexity index is 632. The summed E-state index contributed by atoms with van der Waals surface area (Å²) in [5.74, 6) is -2.86. The summed E-state index contributed by atoms with van der Waals surface area (Å²) in [7, 11) is 0. The Morgan fingerprint density at radius 1 is 1.53 bits per heavy atom. The van der Waals surface area contributed by atoms with Gasteiger partial charge >= 0.3 is 5.97 Å². The first kappa shape index (κ1) is 13.6. The van der Waals surface area contributed by atoms with Crippen molar-refractivity contribution in [2.24, 2.45) is 0 Å². The van der Waals surface area contributed by atoms with Crippen LogP contribution in [0, 0.1) is 5.82 Å². The van der Waals surface area contributed by atoms with Gasteiger partial charge in [0, 0.05) is 17.1 Å². The highest BCUT2D eigenvalue weighted by molar-refractivity contribution is 7.15. The lowest BCUT2D eigenvalue weighted by Gasteiger charge is -2.09. The van der Waals surface area contributed by atoms with E-state index in [0.29, 0.717) is 4.47 Å². The number of rotatable bonds is 4. The number of anilines is 1. The highest BCUT2D eigenvalue weighted by atomic mass is 35.5. The first-order chi connectivity index (χ1) is 8.97. The molecule has 0 aliphatic heterocycles.